The number of methoxy groups -OCH3 is 2. The second kappa shape index (κ2) is 6.36. The van der Waals surface area contributed by atoms with Gasteiger partial charge in [-0.15, -0.1) is 0 Å². The van der Waals surface area contributed by atoms with Gasteiger partial charge in [-0.1, -0.05) is 0 Å². The van der Waals surface area contributed by atoms with Gasteiger partial charge in [0.2, 0.25) is 0 Å². The molecule has 0 aliphatic rings. The summed E-state index contributed by atoms with van der Waals surface area (Å²) in [7, 11) is 2.26. The minimum atomic E-state index is -4.63. The molecule has 110 valence electrons. The largest absolute Gasteiger partial charge is 0.469 e. The van der Waals surface area contributed by atoms with Gasteiger partial charge in [0.1, 0.15) is 5.69 Å². The normalized spacial score (nSPS) is 11.1. The molecule has 0 bridgehead atoms. The first-order valence-electron chi connectivity index (χ1n) is 5.51. The zero-order chi connectivity index (χ0) is 15.3. The Morgan fingerprint density at radius 1 is 1.20 bits per heavy atom. The molecule has 0 N–H and O–H groups in total. The minimum Gasteiger partial charge on any atom is -0.469 e. The van der Waals surface area contributed by atoms with Crippen molar-refractivity contribution >= 4 is 11.9 Å². The van der Waals surface area contributed by atoms with Gasteiger partial charge >= 0.3 is 18.1 Å². The molecule has 0 radical (unpaired) electrons. The van der Waals surface area contributed by atoms with Crippen LogP contribution < -0.4 is 0 Å². The molecule has 0 aliphatic heterocycles. The van der Waals surface area contributed by atoms with Gasteiger partial charge in [-0.3, -0.25) is 4.79 Å². The van der Waals surface area contributed by atoms with E-state index in [0.717, 1.165) is 20.3 Å². The highest BCUT2D eigenvalue weighted by Gasteiger charge is 2.33. The Kier molecular flexibility index (Phi) is 5.06. The molecule has 1 rings (SSSR count). The Balaban J connectivity index is 3.13. The van der Waals surface area contributed by atoms with Crippen LogP contribution in [0.4, 0.5) is 13.2 Å². The average molecular weight is 291 g/mol. The summed E-state index contributed by atoms with van der Waals surface area (Å²) in [5.41, 5.74) is -1.40. The number of carbonyl (C=O) groups is 2. The third-order valence-corrected chi connectivity index (χ3v) is 2.46. The van der Waals surface area contributed by atoms with E-state index in [1.807, 2.05) is 0 Å². The van der Waals surface area contributed by atoms with E-state index in [9.17, 15) is 22.8 Å². The predicted octanol–water partition coefficient (Wildman–Crippen LogP) is 1.99. The average Bonchev–Trinajstić information content (AvgIpc) is 2.42. The highest BCUT2D eigenvalue weighted by atomic mass is 19.4. The van der Waals surface area contributed by atoms with Crippen LogP contribution in [0, 0.1) is 0 Å². The number of pyridine rings is 1. The van der Waals surface area contributed by atoms with Crippen LogP contribution in [0.3, 0.4) is 0 Å². The molecule has 0 aliphatic carbocycles. The number of hydrogen-bond acceptors (Lipinski definition) is 5. The SMILES string of the molecule is COC(=O)CCc1nc(C(F)(F)F)ccc1C(=O)OC. The first-order chi connectivity index (χ1) is 9.29. The van der Waals surface area contributed by atoms with Gasteiger partial charge in [-0.2, -0.15) is 13.2 Å². The van der Waals surface area contributed by atoms with Crippen LogP contribution >= 0.6 is 0 Å². The van der Waals surface area contributed by atoms with Crippen molar-refractivity contribution in [3.8, 4) is 0 Å². The number of alkyl halides is 3. The van der Waals surface area contributed by atoms with Gasteiger partial charge in [0.05, 0.1) is 31.9 Å². The molecule has 1 aromatic heterocycles. The maximum atomic E-state index is 12.6. The van der Waals surface area contributed by atoms with Gasteiger partial charge in [0.25, 0.3) is 0 Å². The smallest absolute Gasteiger partial charge is 0.433 e. The Morgan fingerprint density at radius 3 is 2.35 bits per heavy atom. The van der Waals surface area contributed by atoms with Crippen LogP contribution in [0.25, 0.3) is 0 Å². The molecular formula is C12H12F3NO4. The van der Waals surface area contributed by atoms with Crippen LogP contribution in [-0.2, 0) is 26.9 Å². The highest BCUT2D eigenvalue weighted by Crippen LogP contribution is 2.28. The van der Waals surface area contributed by atoms with Gasteiger partial charge in [-0.25, -0.2) is 9.78 Å². The lowest BCUT2D eigenvalue weighted by Gasteiger charge is -2.11. The van der Waals surface area contributed by atoms with Gasteiger partial charge < -0.3 is 9.47 Å². The third kappa shape index (κ3) is 3.94. The molecule has 0 saturated carbocycles. The van der Waals surface area contributed by atoms with Gasteiger partial charge in [0.15, 0.2) is 0 Å². The van der Waals surface area contributed by atoms with Crippen LogP contribution in [0.2, 0.25) is 0 Å². The molecule has 5 nitrogen and oxygen atoms in total. The molecular weight excluding hydrogens is 279 g/mol. The first-order valence-corrected chi connectivity index (χ1v) is 5.51. The maximum absolute atomic E-state index is 12.6. The minimum absolute atomic E-state index is 0.107. The summed E-state index contributed by atoms with van der Waals surface area (Å²) in [6.45, 7) is 0. The van der Waals surface area contributed by atoms with E-state index >= 15 is 0 Å². The summed E-state index contributed by atoms with van der Waals surface area (Å²) >= 11 is 0. The van der Waals surface area contributed by atoms with Crippen molar-refractivity contribution in [2.24, 2.45) is 0 Å². The topological polar surface area (TPSA) is 65.5 Å². The third-order valence-electron chi connectivity index (χ3n) is 2.46. The van der Waals surface area contributed by atoms with E-state index in [1.165, 1.54) is 0 Å². The molecule has 0 saturated heterocycles. The summed E-state index contributed by atoms with van der Waals surface area (Å²) in [5, 5.41) is 0. The van der Waals surface area contributed by atoms with E-state index < -0.39 is 23.8 Å². The number of aryl methyl sites for hydroxylation is 1. The van der Waals surface area contributed by atoms with Crippen molar-refractivity contribution in [2.45, 2.75) is 19.0 Å². The van der Waals surface area contributed by atoms with Gasteiger partial charge in [-0.05, 0) is 12.1 Å². The summed E-state index contributed by atoms with van der Waals surface area (Å²) in [6, 6.07) is 1.67. The predicted molar refractivity (Wildman–Crippen MR) is 60.9 cm³/mol. The number of rotatable bonds is 4. The fourth-order valence-electron chi connectivity index (χ4n) is 1.47. The van der Waals surface area contributed by atoms with E-state index in [2.05, 4.69) is 14.5 Å². The highest BCUT2D eigenvalue weighted by molar-refractivity contribution is 5.90. The second-order valence-electron chi connectivity index (χ2n) is 3.76. The molecule has 1 heterocycles. The number of ether oxygens (including phenoxy) is 2. The summed E-state index contributed by atoms with van der Waals surface area (Å²) in [4.78, 5) is 25.9. The van der Waals surface area contributed by atoms with Crippen LogP contribution in [0.15, 0.2) is 12.1 Å². The fourth-order valence-corrected chi connectivity index (χ4v) is 1.47. The molecule has 8 heteroatoms. The monoisotopic (exact) mass is 291 g/mol. The van der Waals surface area contributed by atoms with Crippen molar-refractivity contribution in [3.05, 3.63) is 29.1 Å². The van der Waals surface area contributed by atoms with Crippen LogP contribution in [-0.4, -0.2) is 31.1 Å². The summed E-state index contributed by atoms with van der Waals surface area (Å²) in [6.07, 6.45) is -4.97. The molecule has 0 fully saturated rings. The number of halogens is 3. The maximum Gasteiger partial charge on any atom is 0.433 e. The van der Waals surface area contributed by atoms with E-state index in [0.29, 0.717) is 6.07 Å². The van der Waals surface area contributed by atoms with Crippen LogP contribution in [0.1, 0.15) is 28.2 Å². The first kappa shape index (κ1) is 15.9. The van der Waals surface area contributed by atoms with Crippen molar-refractivity contribution in [1.82, 2.24) is 4.98 Å². The van der Waals surface area contributed by atoms with Crippen molar-refractivity contribution in [2.75, 3.05) is 14.2 Å². The Labute approximate surface area is 112 Å². The van der Waals surface area contributed by atoms with E-state index in [4.69, 9.17) is 0 Å². The molecule has 0 atom stereocenters. The van der Waals surface area contributed by atoms with Crippen molar-refractivity contribution in [3.63, 3.8) is 0 Å². The van der Waals surface area contributed by atoms with Crippen molar-refractivity contribution < 1.29 is 32.2 Å². The van der Waals surface area contributed by atoms with Crippen molar-refractivity contribution in [1.29, 1.82) is 0 Å². The molecule has 0 aromatic carbocycles. The molecule has 20 heavy (non-hydrogen) atoms. The lowest BCUT2D eigenvalue weighted by Crippen LogP contribution is -2.15. The summed E-state index contributed by atoms with van der Waals surface area (Å²) in [5.74, 6) is -1.42. The molecule has 0 amide bonds. The Bertz CT molecular complexity index is 514. The quantitative estimate of drug-likeness (QED) is 0.794. The number of carbonyl (C=O) groups excluding carboxylic acids is 2. The number of nitrogens with zero attached hydrogens (tertiary/aromatic N) is 1. The molecule has 1 aromatic rings. The fraction of sp³-hybridized carbons (Fsp3) is 0.417. The Hall–Kier alpha value is -2.12. The zero-order valence-electron chi connectivity index (χ0n) is 10.8. The van der Waals surface area contributed by atoms with E-state index in [-0.39, 0.29) is 24.1 Å². The second-order valence-corrected chi connectivity index (χ2v) is 3.76. The lowest BCUT2D eigenvalue weighted by atomic mass is 10.1. The zero-order valence-corrected chi connectivity index (χ0v) is 10.8. The Morgan fingerprint density at radius 2 is 1.85 bits per heavy atom. The number of hydrogen-bond donors (Lipinski definition) is 0. The summed E-state index contributed by atoms with van der Waals surface area (Å²) < 4.78 is 46.6. The van der Waals surface area contributed by atoms with E-state index in [1.54, 1.807) is 0 Å². The van der Waals surface area contributed by atoms with Gasteiger partial charge in [0, 0.05) is 6.42 Å². The standard InChI is InChI=1S/C12H12F3NO4/c1-19-10(17)6-4-8-7(11(18)20-2)3-5-9(16-8)12(13,14)15/h3,5H,4,6H2,1-2H3. The number of esters is 2. The van der Waals surface area contributed by atoms with Crippen LogP contribution in [0.5, 0.6) is 0 Å². The molecule has 0 unspecified atom stereocenters. The number of aromatic nitrogens is 1. The lowest BCUT2D eigenvalue weighted by molar-refractivity contribution is -0.141. The molecule has 0 spiro atoms.